The first-order valence-electron chi connectivity index (χ1n) is 7.80. The topological polar surface area (TPSA) is 26.8 Å². The molecular formula is C18H16ClF2N3OS. The van der Waals surface area contributed by atoms with Crippen molar-refractivity contribution in [3.05, 3.63) is 58.6 Å². The Morgan fingerprint density at radius 2 is 1.92 bits per heavy atom. The zero-order valence-corrected chi connectivity index (χ0v) is 15.7. The molecule has 0 aliphatic carbocycles. The van der Waals surface area contributed by atoms with Gasteiger partial charge in [-0.25, -0.2) is 8.78 Å². The fourth-order valence-electron chi connectivity index (χ4n) is 2.78. The summed E-state index contributed by atoms with van der Waals surface area (Å²) in [6.07, 6.45) is 0. The third kappa shape index (κ3) is 3.50. The first-order valence-corrected chi connectivity index (χ1v) is 8.59. The molecule has 3 rings (SSSR count). The van der Waals surface area contributed by atoms with Gasteiger partial charge in [-0.1, -0.05) is 17.7 Å². The molecule has 2 aromatic rings. The molecule has 4 nitrogen and oxygen atoms in total. The molecule has 0 atom stereocenters. The average molecular weight is 396 g/mol. The molecule has 0 bridgehead atoms. The summed E-state index contributed by atoms with van der Waals surface area (Å²) >= 11 is 11.7. The first kappa shape index (κ1) is 18.5. The Hall–Kier alpha value is -2.25. The van der Waals surface area contributed by atoms with E-state index >= 15 is 0 Å². The Morgan fingerprint density at radius 1 is 1.19 bits per heavy atom. The summed E-state index contributed by atoms with van der Waals surface area (Å²) in [4.78, 5) is 17.3. The van der Waals surface area contributed by atoms with Gasteiger partial charge in [0.2, 0.25) is 0 Å². The van der Waals surface area contributed by atoms with E-state index in [9.17, 15) is 13.6 Å². The Balaban J connectivity index is 1.84. The van der Waals surface area contributed by atoms with Crippen LogP contribution >= 0.6 is 23.8 Å². The van der Waals surface area contributed by atoms with Crippen molar-refractivity contribution in [3.63, 3.8) is 0 Å². The lowest BCUT2D eigenvalue weighted by atomic mass is 10.2. The lowest BCUT2D eigenvalue weighted by Gasteiger charge is -2.22. The van der Waals surface area contributed by atoms with Crippen molar-refractivity contribution in [1.82, 2.24) is 4.90 Å². The minimum absolute atomic E-state index is 0.0166. The minimum atomic E-state index is -0.669. The van der Waals surface area contributed by atoms with E-state index in [0.717, 1.165) is 11.8 Å². The van der Waals surface area contributed by atoms with Crippen LogP contribution in [-0.2, 0) is 11.3 Å². The largest absolute Gasteiger partial charge is 0.376 e. The van der Waals surface area contributed by atoms with Gasteiger partial charge in [0, 0.05) is 32.3 Å². The second-order valence-electron chi connectivity index (χ2n) is 6.13. The van der Waals surface area contributed by atoms with Crippen molar-refractivity contribution >= 4 is 46.2 Å². The van der Waals surface area contributed by atoms with Gasteiger partial charge in [0.15, 0.2) is 5.11 Å². The van der Waals surface area contributed by atoms with Gasteiger partial charge in [0.05, 0.1) is 16.4 Å². The van der Waals surface area contributed by atoms with Gasteiger partial charge in [-0.3, -0.25) is 9.69 Å². The van der Waals surface area contributed by atoms with Gasteiger partial charge in [0.25, 0.3) is 5.91 Å². The third-order valence-corrected chi connectivity index (χ3v) is 4.83. The SMILES string of the molecule is CN(C)c1ccc(N2C(=O)CN(Cc3ccc(F)cc3F)C2=S)cc1Cl. The second-order valence-corrected chi connectivity index (χ2v) is 6.91. The number of halogens is 3. The molecule has 0 radical (unpaired) electrons. The molecule has 0 N–H and O–H groups in total. The summed E-state index contributed by atoms with van der Waals surface area (Å²) in [6, 6.07) is 8.57. The predicted molar refractivity (Wildman–Crippen MR) is 103 cm³/mol. The van der Waals surface area contributed by atoms with Crippen molar-refractivity contribution in [3.8, 4) is 0 Å². The second kappa shape index (κ2) is 7.17. The highest BCUT2D eigenvalue weighted by molar-refractivity contribution is 7.80. The van der Waals surface area contributed by atoms with Crippen LogP contribution in [-0.4, -0.2) is 36.6 Å². The smallest absolute Gasteiger partial charge is 0.252 e. The van der Waals surface area contributed by atoms with Gasteiger partial charge < -0.3 is 9.80 Å². The monoisotopic (exact) mass is 395 g/mol. The fourth-order valence-corrected chi connectivity index (χ4v) is 3.46. The van der Waals surface area contributed by atoms with Crippen LogP contribution in [0, 0.1) is 11.6 Å². The number of amides is 1. The molecular weight excluding hydrogens is 380 g/mol. The molecule has 26 heavy (non-hydrogen) atoms. The van der Waals surface area contributed by atoms with Crippen molar-refractivity contribution in [2.24, 2.45) is 0 Å². The predicted octanol–water partition coefficient (Wildman–Crippen LogP) is 3.82. The molecule has 0 saturated carbocycles. The van der Waals surface area contributed by atoms with Crippen molar-refractivity contribution < 1.29 is 13.6 Å². The molecule has 1 fully saturated rings. The molecule has 2 aromatic carbocycles. The molecule has 8 heteroatoms. The van der Waals surface area contributed by atoms with Crippen molar-refractivity contribution in [2.75, 3.05) is 30.4 Å². The first-order chi connectivity index (χ1) is 12.3. The zero-order valence-electron chi connectivity index (χ0n) is 14.2. The summed E-state index contributed by atoms with van der Waals surface area (Å²) in [5.41, 5.74) is 1.64. The molecule has 136 valence electrons. The molecule has 1 amide bonds. The molecule has 0 unspecified atom stereocenters. The summed E-state index contributed by atoms with van der Waals surface area (Å²) in [6.45, 7) is 0.0966. The maximum absolute atomic E-state index is 13.9. The lowest BCUT2D eigenvalue weighted by molar-refractivity contribution is -0.116. The lowest BCUT2D eigenvalue weighted by Crippen LogP contribution is -2.32. The number of carbonyl (C=O) groups excluding carboxylic acids is 1. The van der Waals surface area contributed by atoms with Gasteiger partial charge in [-0.05, 0) is 36.5 Å². The number of carbonyl (C=O) groups is 1. The highest BCUT2D eigenvalue weighted by atomic mass is 35.5. The Labute approximate surface area is 160 Å². The standard InChI is InChI=1S/C18H16ClF2N3OS/c1-22(2)16-6-5-13(8-14(16)19)24-17(25)10-23(18(24)26)9-11-3-4-12(20)7-15(11)21/h3-8H,9-10H2,1-2H3. The van der Waals surface area contributed by atoms with E-state index in [4.69, 9.17) is 23.8 Å². The average Bonchev–Trinajstić information content (AvgIpc) is 2.83. The third-order valence-electron chi connectivity index (χ3n) is 4.08. The van der Waals surface area contributed by atoms with Crippen LogP contribution in [0.2, 0.25) is 5.02 Å². The normalized spacial score (nSPS) is 14.3. The summed E-state index contributed by atoms with van der Waals surface area (Å²) in [5, 5.41) is 0.749. The van der Waals surface area contributed by atoms with Gasteiger partial charge in [-0.2, -0.15) is 0 Å². The molecule has 1 heterocycles. The molecule has 1 aliphatic rings. The number of nitrogens with zero attached hydrogens (tertiary/aromatic N) is 3. The van der Waals surface area contributed by atoms with E-state index in [-0.39, 0.29) is 29.7 Å². The Bertz CT molecular complexity index is 891. The van der Waals surface area contributed by atoms with Crippen LogP contribution in [0.5, 0.6) is 0 Å². The minimum Gasteiger partial charge on any atom is -0.376 e. The van der Waals surface area contributed by atoms with Crippen molar-refractivity contribution in [1.29, 1.82) is 0 Å². The zero-order chi connectivity index (χ0) is 19.0. The van der Waals surface area contributed by atoms with E-state index in [1.807, 2.05) is 19.0 Å². The number of thiocarbonyl (C=S) groups is 1. The molecule has 0 spiro atoms. The molecule has 0 aromatic heterocycles. The number of hydrogen-bond donors (Lipinski definition) is 0. The highest BCUT2D eigenvalue weighted by Gasteiger charge is 2.34. The van der Waals surface area contributed by atoms with Crippen LogP contribution < -0.4 is 9.80 Å². The highest BCUT2D eigenvalue weighted by Crippen LogP contribution is 2.31. The summed E-state index contributed by atoms with van der Waals surface area (Å²) in [5.74, 6) is -1.55. The van der Waals surface area contributed by atoms with Crippen LogP contribution in [0.4, 0.5) is 20.2 Å². The van der Waals surface area contributed by atoms with E-state index < -0.39 is 11.6 Å². The summed E-state index contributed by atoms with van der Waals surface area (Å²) < 4.78 is 26.9. The molecule has 1 saturated heterocycles. The van der Waals surface area contributed by atoms with Gasteiger partial charge in [-0.15, -0.1) is 0 Å². The van der Waals surface area contributed by atoms with Crippen LogP contribution in [0.1, 0.15) is 5.56 Å². The maximum Gasteiger partial charge on any atom is 0.252 e. The van der Waals surface area contributed by atoms with E-state index in [1.165, 1.54) is 17.0 Å². The van der Waals surface area contributed by atoms with Crippen LogP contribution in [0.3, 0.4) is 0 Å². The Kier molecular flexibility index (Phi) is 5.11. The number of rotatable bonds is 4. The van der Waals surface area contributed by atoms with E-state index in [2.05, 4.69) is 0 Å². The Morgan fingerprint density at radius 3 is 2.54 bits per heavy atom. The maximum atomic E-state index is 13.9. The van der Waals surface area contributed by atoms with Crippen molar-refractivity contribution in [2.45, 2.75) is 6.54 Å². The van der Waals surface area contributed by atoms with Crippen LogP contribution in [0.25, 0.3) is 0 Å². The van der Waals surface area contributed by atoms with Gasteiger partial charge in [0.1, 0.15) is 18.2 Å². The van der Waals surface area contributed by atoms with E-state index in [1.54, 1.807) is 23.1 Å². The summed E-state index contributed by atoms with van der Waals surface area (Å²) in [7, 11) is 3.73. The van der Waals surface area contributed by atoms with Crippen LogP contribution in [0.15, 0.2) is 36.4 Å². The number of anilines is 2. The molecule has 1 aliphatic heterocycles. The number of benzene rings is 2. The number of hydrogen-bond acceptors (Lipinski definition) is 3. The fraction of sp³-hybridized carbons (Fsp3) is 0.222. The van der Waals surface area contributed by atoms with Gasteiger partial charge >= 0.3 is 0 Å². The van der Waals surface area contributed by atoms with E-state index in [0.29, 0.717) is 10.7 Å². The quantitative estimate of drug-likeness (QED) is 0.735.